The summed E-state index contributed by atoms with van der Waals surface area (Å²) in [5.74, 6) is -0.227. The highest BCUT2D eigenvalue weighted by molar-refractivity contribution is 9.11. The Morgan fingerprint density at radius 3 is 0.798 bits per heavy atom. The lowest BCUT2D eigenvalue weighted by Gasteiger charge is -2.31. The maximum atomic E-state index is 13.3. The molecular formula is C78H72Br3N3O12S3. The van der Waals surface area contributed by atoms with Crippen molar-refractivity contribution >= 4 is 95.6 Å². The van der Waals surface area contributed by atoms with Crippen LogP contribution in [0.15, 0.2) is 282 Å². The van der Waals surface area contributed by atoms with Gasteiger partial charge in [0.2, 0.25) is 17.7 Å². The molecule has 3 heterocycles. The summed E-state index contributed by atoms with van der Waals surface area (Å²) in [6.45, 7) is 5.66. The van der Waals surface area contributed by atoms with Crippen molar-refractivity contribution in [3.8, 4) is 17.2 Å². The first-order chi connectivity index (χ1) is 47.4. The summed E-state index contributed by atoms with van der Waals surface area (Å²) >= 11 is 10.8. The molecule has 510 valence electrons. The topological polar surface area (TPSA) is 191 Å². The number of ether oxygens (including phenoxy) is 3. The fourth-order valence-electron chi connectivity index (χ4n) is 11.9. The molecule has 3 aliphatic heterocycles. The smallest absolute Gasteiger partial charge is 0.270 e. The van der Waals surface area contributed by atoms with E-state index in [-0.39, 0.29) is 51.7 Å². The fraction of sp³-hybridized carbons (Fsp3) is 0.192. The number of carbonyl (C=O) groups excluding carboxylic acids is 3. The molecule has 0 spiro atoms. The van der Waals surface area contributed by atoms with Crippen molar-refractivity contribution in [3.05, 3.63) is 317 Å². The van der Waals surface area contributed by atoms with Crippen molar-refractivity contribution in [3.63, 3.8) is 0 Å². The molecule has 0 saturated heterocycles. The fourth-order valence-corrected chi connectivity index (χ4v) is 17.4. The molecule has 3 aliphatic rings. The van der Waals surface area contributed by atoms with Gasteiger partial charge in [-0.25, -0.2) is 38.2 Å². The van der Waals surface area contributed by atoms with Gasteiger partial charge in [0, 0.05) is 69.0 Å². The zero-order valence-electron chi connectivity index (χ0n) is 55.1. The van der Waals surface area contributed by atoms with Crippen molar-refractivity contribution in [1.82, 2.24) is 12.9 Å². The van der Waals surface area contributed by atoms with Crippen molar-refractivity contribution in [1.29, 1.82) is 0 Å². The molecule has 0 bridgehead atoms. The third kappa shape index (κ3) is 17.3. The van der Waals surface area contributed by atoms with Crippen LogP contribution in [0.2, 0.25) is 0 Å². The molecule has 0 aliphatic carbocycles. The Morgan fingerprint density at radius 1 is 0.343 bits per heavy atom. The number of nitrogens with zero attached hydrogens (tertiary/aromatic N) is 3. The largest absolute Gasteiger partial charge is 0.497 e. The lowest BCUT2D eigenvalue weighted by Crippen LogP contribution is -2.37. The summed E-state index contributed by atoms with van der Waals surface area (Å²) in [5.41, 5.74) is 11.1. The second-order valence-electron chi connectivity index (χ2n) is 24.1. The predicted molar refractivity (Wildman–Crippen MR) is 394 cm³/mol. The summed E-state index contributed by atoms with van der Waals surface area (Å²) in [5, 5.41) is 0. The van der Waals surface area contributed by atoms with E-state index in [2.05, 4.69) is 47.8 Å². The minimum Gasteiger partial charge on any atom is -0.497 e. The molecule has 0 unspecified atom stereocenters. The highest BCUT2D eigenvalue weighted by Crippen LogP contribution is 2.45. The van der Waals surface area contributed by atoms with Gasteiger partial charge in [0.1, 0.15) is 17.2 Å². The highest BCUT2D eigenvalue weighted by Gasteiger charge is 2.40. The van der Waals surface area contributed by atoms with E-state index >= 15 is 0 Å². The van der Waals surface area contributed by atoms with Crippen molar-refractivity contribution in [2.24, 2.45) is 0 Å². The summed E-state index contributed by atoms with van der Waals surface area (Å²) in [6.07, 6.45) is 6.17. The standard InChI is InChI=1S/3C26H24BrNO4S/c3*1-18-8-11-22(12-9-18)33(30,31)28-17-20(14-19-6-4-3-5-7-19)23(16-26(28)29)24-15-21(32-2)10-13-25(24)27/h3*3-13,15,17,23H,14,16H2,1-2H3/t3*23-/m000/s1. The van der Waals surface area contributed by atoms with Gasteiger partial charge in [0.05, 0.1) is 36.0 Å². The van der Waals surface area contributed by atoms with Crippen LogP contribution >= 0.6 is 47.8 Å². The highest BCUT2D eigenvalue weighted by atomic mass is 79.9. The van der Waals surface area contributed by atoms with Crippen LogP contribution in [0.5, 0.6) is 17.2 Å². The zero-order valence-corrected chi connectivity index (χ0v) is 62.3. The van der Waals surface area contributed by atoms with E-state index in [0.717, 1.165) is 93.1 Å². The lowest BCUT2D eigenvalue weighted by atomic mass is 9.83. The second-order valence-corrected chi connectivity index (χ2v) is 32.1. The molecule has 0 N–H and O–H groups in total. The monoisotopic (exact) mass is 1580 g/mol. The van der Waals surface area contributed by atoms with Crippen LogP contribution in [0, 0.1) is 20.8 Å². The van der Waals surface area contributed by atoms with Gasteiger partial charge in [0.15, 0.2) is 0 Å². The van der Waals surface area contributed by atoms with Gasteiger partial charge in [-0.3, -0.25) is 14.4 Å². The first-order valence-electron chi connectivity index (χ1n) is 31.5. The minimum atomic E-state index is -4.01. The first kappa shape index (κ1) is 73.0. The van der Waals surface area contributed by atoms with Gasteiger partial charge in [-0.05, 0) is 181 Å². The Kier molecular flexibility index (Phi) is 23.7. The first-order valence-corrected chi connectivity index (χ1v) is 38.2. The quantitative estimate of drug-likeness (QED) is 0.0791. The Morgan fingerprint density at radius 2 is 0.576 bits per heavy atom. The SMILES string of the molecule is COc1ccc(Br)c([C@H]2CC(=O)N(S(=O)(=O)c3ccc(C)cc3)C=C2Cc2ccccc2)c1.COc1ccc(Br)c([C@H]2CC(=O)N(S(=O)(=O)c3ccc(C)cc3)C=C2Cc2ccccc2)c1.COc1ccc(Br)c([C@H]2CC(=O)N(S(=O)(=O)c3ccc(C)cc3)C=C2Cc2ccccc2)c1. The van der Waals surface area contributed by atoms with Crippen LogP contribution in [0.3, 0.4) is 0 Å². The summed E-state index contributed by atoms with van der Waals surface area (Å²) < 4.78 is 102. The molecule has 0 aromatic heterocycles. The lowest BCUT2D eigenvalue weighted by molar-refractivity contribution is -0.126. The number of aryl methyl sites for hydroxylation is 3. The molecule has 9 aromatic carbocycles. The van der Waals surface area contributed by atoms with E-state index in [1.54, 1.807) is 57.7 Å². The molecule has 99 heavy (non-hydrogen) atoms. The molecular weight excluding hydrogens is 1510 g/mol. The van der Waals surface area contributed by atoms with Crippen LogP contribution in [-0.2, 0) is 63.7 Å². The second kappa shape index (κ2) is 32.1. The van der Waals surface area contributed by atoms with E-state index in [1.807, 2.05) is 166 Å². The number of hydrogen-bond donors (Lipinski definition) is 0. The third-order valence-electron chi connectivity index (χ3n) is 17.3. The van der Waals surface area contributed by atoms with Gasteiger partial charge in [-0.15, -0.1) is 0 Å². The molecule has 0 fully saturated rings. The van der Waals surface area contributed by atoms with Crippen molar-refractivity contribution in [2.75, 3.05) is 21.3 Å². The van der Waals surface area contributed by atoms with Gasteiger partial charge >= 0.3 is 0 Å². The number of amides is 3. The third-order valence-corrected chi connectivity index (χ3v) is 24.5. The molecule has 3 atom stereocenters. The van der Waals surface area contributed by atoms with Crippen LogP contribution in [-0.4, -0.2) is 77.2 Å². The van der Waals surface area contributed by atoms with E-state index in [1.165, 1.54) is 55.0 Å². The normalized spacial score (nSPS) is 16.5. The van der Waals surface area contributed by atoms with E-state index in [0.29, 0.717) is 36.5 Å². The minimum absolute atomic E-state index is 0.0372. The van der Waals surface area contributed by atoms with E-state index < -0.39 is 47.8 Å². The van der Waals surface area contributed by atoms with Gasteiger partial charge in [-0.2, -0.15) is 0 Å². The predicted octanol–water partition coefficient (Wildman–Crippen LogP) is 16.8. The van der Waals surface area contributed by atoms with Crippen LogP contribution in [0.1, 0.15) is 87.1 Å². The average Bonchev–Trinajstić information content (AvgIpc) is 0.777. The summed E-state index contributed by atoms with van der Waals surface area (Å²) in [7, 11) is -7.25. The van der Waals surface area contributed by atoms with Crippen molar-refractivity contribution in [2.45, 2.75) is 91.7 Å². The number of benzene rings is 9. The molecule has 12 rings (SSSR count). The Labute approximate surface area is 605 Å². The Bertz CT molecular complexity index is 4400. The molecule has 0 radical (unpaired) electrons. The number of sulfonamides is 3. The maximum absolute atomic E-state index is 13.3. The van der Waals surface area contributed by atoms with Gasteiger partial charge in [-0.1, -0.05) is 192 Å². The number of rotatable bonds is 18. The maximum Gasteiger partial charge on any atom is 0.270 e. The van der Waals surface area contributed by atoms with Crippen LogP contribution < -0.4 is 14.2 Å². The Balaban J connectivity index is 0.000000161. The number of hydrogen-bond acceptors (Lipinski definition) is 12. The Hall–Kier alpha value is -8.70. The molecule has 21 heteroatoms. The average molecular weight is 1580 g/mol. The van der Waals surface area contributed by atoms with Gasteiger partial charge < -0.3 is 14.2 Å². The zero-order chi connectivity index (χ0) is 70.8. The molecule has 15 nitrogen and oxygen atoms in total. The van der Waals surface area contributed by atoms with Crippen LogP contribution in [0.25, 0.3) is 0 Å². The molecule has 9 aromatic rings. The number of carbonyl (C=O) groups is 3. The molecule has 3 amide bonds. The summed E-state index contributed by atoms with van der Waals surface area (Å²) in [6, 6.07) is 65.9. The van der Waals surface area contributed by atoms with E-state index in [4.69, 9.17) is 14.2 Å². The van der Waals surface area contributed by atoms with Crippen molar-refractivity contribution < 1.29 is 53.8 Å². The van der Waals surface area contributed by atoms with Crippen LogP contribution in [0.4, 0.5) is 0 Å². The summed E-state index contributed by atoms with van der Waals surface area (Å²) in [4.78, 5) is 39.8. The number of halogens is 3. The van der Waals surface area contributed by atoms with Gasteiger partial charge in [0.25, 0.3) is 30.1 Å². The van der Waals surface area contributed by atoms with E-state index in [9.17, 15) is 39.6 Å². The molecule has 0 saturated carbocycles. The number of allylic oxidation sites excluding steroid dienone is 3. The number of methoxy groups -OCH3 is 3.